The van der Waals surface area contributed by atoms with Gasteiger partial charge in [0, 0.05) is 3.57 Å². The van der Waals surface area contributed by atoms with Crippen molar-refractivity contribution in [1.82, 2.24) is 0 Å². The van der Waals surface area contributed by atoms with E-state index in [1.165, 1.54) is 6.07 Å². The SMILES string of the molecule is CC(CO)(Nc1ccccc1F)c1ccc(I)cc1. The summed E-state index contributed by atoms with van der Waals surface area (Å²) in [6.07, 6.45) is 0. The molecule has 0 aromatic heterocycles. The quantitative estimate of drug-likeness (QED) is 0.803. The minimum atomic E-state index is -0.716. The molecule has 0 radical (unpaired) electrons. The van der Waals surface area contributed by atoms with Crippen LogP contribution in [0.25, 0.3) is 0 Å². The Kier molecular flexibility index (Phi) is 4.42. The minimum Gasteiger partial charge on any atom is -0.394 e. The first-order valence-corrected chi connectivity index (χ1v) is 7.03. The molecule has 2 aromatic carbocycles. The molecule has 100 valence electrons. The number of aliphatic hydroxyl groups excluding tert-OH is 1. The van der Waals surface area contributed by atoms with Crippen LogP contribution in [-0.2, 0) is 5.54 Å². The lowest BCUT2D eigenvalue weighted by Gasteiger charge is -2.30. The number of hydrogen-bond donors (Lipinski definition) is 2. The summed E-state index contributed by atoms with van der Waals surface area (Å²) >= 11 is 2.22. The molecule has 2 rings (SSSR count). The molecule has 0 aliphatic heterocycles. The average molecular weight is 371 g/mol. The second kappa shape index (κ2) is 5.88. The second-order valence-electron chi connectivity index (χ2n) is 4.60. The zero-order valence-corrected chi connectivity index (χ0v) is 12.7. The number of anilines is 1. The molecule has 4 heteroatoms. The molecular formula is C15H15FINO. The number of aliphatic hydroxyl groups is 1. The van der Waals surface area contributed by atoms with Gasteiger partial charge in [0.15, 0.2) is 0 Å². The highest BCUT2D eigenvalue weighted by Gasteiger charge is 2.26. The van der Waals surface area contributed by atoms with Gasteiger partial charge >= 0.3 is 0 Å². The Labute approximate surface area is 125 Å². The monoisotopic (exact) mass is 371 g/mol. The Morgan fingerprint density at radius 2 is 1.79 bits per heavy atom. The number of benzene rings is 2. The fourth-order valence-electron chi connectivity index (χ4n) is 1.88. The summed E-state index contributed by atoms with van der Waals surface area (Å²) in [7, 11) is 0. The fourth-order valence-corrected chi connectivity index (χ4v) is 2.24. The normalized spacial score (nSPS) is 13.9. The van der Waals surface area contributed by atoms with Crippen LogP contribution in [-0.4, -0.2) is 11.7 Å². The number of para-hydroxylation sites is 1. The van der Waals surface area contributed by atoms with Gasteiger partial charge in [0.25, 0.3) is 0 Å². The van der Waals surface area contributed by atoms with Crippen LogP contribution < -0.4 is 5.32 Å². The van der Waals surface area contributed by atoms with Crippen LogP contribution in [0, 0.1) is 9.39 Å². The van der Waals surface area contributed by atoms with Crippen LogP contribution in [0.1, 0.15) is 12.5 Å². The molecule has 0 aliphatic rings. The van der Waals surface area contributed by atoms with Crippen LogP contribution in [0.5, 0.6) is 0 Å². The number of nitrogens with one attached hydrogen (secondary N) is 1. The lowest BCUT2D eigenvalue weighted by molar-refractivity contribution is 0.223. The fraction of sp³-hybridized carbons (Fsp3) is 0.200. The molecule has 2 aromatic rings. The lowest BCUT2D eigenvalue weighted by Crippen LogP contribution is -2.36. The summed E-state index contributed by atoms with van der Waals surface area (Å²) in [5.41, 5.74) is 0.586. The van der Waals surface area contributed by atoms with E-state index >= 15 is 0 Å². The smallest absolute Gasteiger partial charge is 0.146 e. The van der Waals surface area contributed by atoms with Crippen molar-refractivity contribution < 1.29 is 9.50 Å². The zero-order valence-electron chi connectivity index (χ0n) is 10.5. The van der Waals surface area contributed by atoms with Gasteiger partial charge in [-0.15, -0.1) is 0 Å². The Hall–Kier alpha value is -1.14. The highest BCUT2D eigenvalue weighted by atomic mass is 127. The maximum Gasteiger partial charge on any atom is 0.146 e. The van der Waals surface area contributed by atoms with E-state index in [1.807, 2.05) is 31.2 Å². The summed E-state index contributed by atoms with van der Waals surface area (Å²) in [5.74, 6) is -0.326. The summed E-state index contributed by atoms with van der Waals surface area (Å²) in [6.45, 7) is 1.73. The Balaban J connectivity index is 2.33. The molecule has 0 amide bonds. The largest absolute Gasteiger partial charge is 0.394 e. The first-order chi connectivity index (χ1) is 9.05. The van der Waals surface area contributed by atoms with E-state index in [2.05, 4.69) is 27.9 Å². The summed E-state index contributed by atoms with van der Waals surface area (Å²) in [6, 6.07) is 14.3. The molecule has 0 bridgehead atoms. The van der Waals surface area contributed by atoms with Gasteiger partial charge in [-0.3, -0.25) is 0 Å². The van der Waals surface area contributed by atoms with Crippen LogP contribution in [0.3, 0.4) is 0 Å². The minimum absolute atomic E-state index is 0.123. The third-order valence-electron chi connectivity index (χ3n) is 3.08. The third-order valence-corrected chi connectivity index (χ3v) is 3.80. The van der Waals surface area contributed by atoms with Crippen LogP contribution >= 0.6 is 22.6 Å². The number of halogens is 2. The summed E-state index contributed by atoms with van der Waals surface area (Å²) < 4.78 is 14.8. The predicted molar refractivity (Wildman–Crippen MR) is 83.6 cm³/mol. The van der Waals surface area contributed by atoms with Crippen LogP contribution in [0.2, 0.25) is 0 Å². The highest BCUT2D eigenvalue weighted by molar-refractivity contribution is 14.1. The Morgan fingerprint density at radius 1 is 1.16 bits per heavy atom. The molecule has 2 N–H and O–H groups in total. The van der Waals surface area contributed by atoms with Crippen LogP contribution in [0.15, 0.2) is 48.5 Å². The number of rotatable bonds is 4. The highest BCUT2D eigenvalue weighted by Crippen LogP contribution is 2.27. The standard InChI is InChI=1S/C15H15FINO/c1-15(10-19,11-6-8-12(17)9-7-11)18-14-5-3-2-4-13(14)16/h2-9,18-19H,10H2,1H3. The van der Waals surface area contributed by atoms with Crippen molar-refractivity contribution in [3.8, 4) is 0 Å². The van der Waals surface area contributed by atoms with Gasteiger partial charge in [0.1, 0.15) is 5.82 Å². The van der Waals surface area contributed by atoms with Gasteiger partial charge in [-0.2, -0.15) is 0 Å². The molecule has 0 aliphatic carbocycles. The molecule has 2 nitrogen and oxygen atoms in total. The second-order valence-corrected chi connectivity index (χ2v) is 5.85. The average Bonchev–Trinajstić information content (AvgIpc) is 2.42. The van der Waals surface area contributed by atoms with Gasteiger partial charge < -0.3 is 10.4 Å². The molecule has 0 saturated carbocycles. The van der Waals surface area contributed by atoms with Crippen molar-refractivity contribution in [2.75, 3.05) is 11.9 Å². The van der Waals surface area contributed by atoms with E-state index in [4.69, 9.17) is 0 Å². The van der Waals surface area contributed by atoms with E-state index in [0.717, 1.165) is 9.13 Å². The van der Waals surface area contributed by atoms with Crippen molar-refractivity contribution in [1.29, 1.82) is 0 Å². The molecule has 0 spiro atoms. The van der Waals surface area contributed by atoms with Gasteiger partial charge in [0.05, 0.1) is 17.8 Å². The zero-order chi connectivity index (χ0) is 13.9. The van der Waals surface area contributed by atoms with Crippen molar-refractivity contribution in [3.05, 3.63) is 63.5 Å². The lowest BCUT2D eigenvalue weighted by atomic mass is 9.92. The topological polar surface area (TPSA) is 32.3 Å². The number of hydrogen-bond acceptors (Lipinski definition) is 2. The van der Waals surface area contributed by atoms with E-state index in [-0.39, 0.29) is 12.4 Å². The van der Waals surface area contributed by atoms with E-state index in [1.54, 1.807) is 18.2 Å². The van der Waals surface area contributed by atoms with Crippen molar-refractivity contribution in [2.45, 2.75) is 12.5 Å². The van der Waals surface area contributed by atoms with Crippen LogP contribution in [0.4, 0.5) is 10.1 Å². The van der Waals surface area contributed by atoms with Gasteiger partial charge in [-0.25, -0.2) is 4.39 Å². The first kappa shape index (κ1) is 14.3. The predicted octanol–water partition coefficient (Wildman–Crippen LogP) is 3.75. The van der Waals surface area contributed by atoms with Crippen molar-refractivity contribution in [2.24, 2.45) is 0 Å². The third kappa shape index (κ3) is 3.25. The Morgan fingerprint density at radius 3 is 2.37 bits per heavy atom. The maximum atomic E-state index is 13.7. The first-order valence-electron chi connectivity index (χ1n) is 5.95. The maximum absolute atomic E-state index is 13.7. The molecule has 19 heavy (non-hydrogen) atoms. The summed E-state index contributed by atoms with van der Waals surface area (Å²) in [5, 5.41) is 12.8. The van der Waals surface area contributed by atoms with Crippen molar-refractivity contribution >= 4 is 28.3 Å². The van der Waals surface area contributed by atoms with Gasteiger partial charge in [-0.05, 0) is 59.3 Å². The van der Waals surface area contributed by atoms with Gasteiger partial charge in [-0.1, -0.05) is 24.3 Å². The van der Waals surface area contributed by atoms with E-state index in [9.17, 15) is 9.50 Å². The molecule has 1 unspecified atom stereocenters. The molecule has 0 heterocycles. The summed E-state index contributed by atoms with van der Waals surface area (Å²) in [4.78, 5) is 0. The molecular weight excluding hydrogens is 356 g/mol. The van der Waals surface area contributed by atoms with E-state index < -0.39 is 5.54 Å². The van der Waals surface area contributed by atoms with Gasteiger partial charge in [0.2, 0.25) is 0 Å². The van der Waals surface area contributed by atoms with Crippen molar-refractivity contribution in [3.63, 3.8) is 0 Å². The molecule has 0 fully saturated rings. The van der Waals surface area contributed by atoms with E-state index in [0.29, 0.717) is 5.69 Å². The molecule has 1 atom stereocenters. The Bertz CT molecular complexity index is 558. The molecule has 0 saturated heterocycles.